The molecule has 0 saturated carbocycles. The van der Waals surface area contributed by atoms with Gasteiger partial charge in [0.25, 0.3) is 0 Å². The van der Waals surface area contributed by atoms with Crippen molar-refractivity contribution in [3.05, 3.63) is 66.0 Å². The maximum Gasteiger partial charge on any atom is 0.193 e. The first-order chi connectivity index (χ1) is 13.2. The van der Waals surface area contributed by atoms with Gasteiger partial charge in [0.2, 0.25) is 0 Å². The van der Waals surface area contributed by atoms with Crippen LogP contribution in [0.4, 0.5) is 0 Å². The second kappa shape index (κ2) is 8.84. The van der Waals surface area contributed by atoms with Crippen LogP contribution in [0.25, 0.3) is 11.4 Å². The topological polar surface area (TPSA) is 78.4 Å². The summed E-state index contributed by atoms with van der Waals surface area (Å²) in [7, 11) is 5.48. The molecule has 7 heteroatoms. The van der Waals surface area contributed by atoms with Crippen molar-refractivity contribution in [3.63, 3.8) is 0 Å². The number of hydrogen-bond acceptors (Lipinski definition) is 4. The molecule has 2 aromatic carbocycles. The van der Waals surface area contributed by atoms with Crippen molar-refractivity contribution in [1.29, 1.82) is 0 Å². The van der Waals surface area contributed by atoms with Crippen LogP contribution in [0.3, 0.4) is 0 Å². The minimum atomic E-state index is 0.658. The van der Waals surface area contributed by atoms with Gasteiger partial charge in [0, 0.05) is 38.3 Å². The third-order valence-electron chi connectivity index (χ3n) is 4.24. The number of methoxy groups -OCH3 is 1. The molecule has 140 valence electrons. The minimum absolute atomic E-state index is 0.658. The van der Waals surface area contributed by atoms with E-state index in [4.69, 9.17) is 4.74 Å². The first-order valence-corrected chi connectivity index (χ1v) is 8.69. The summed E-state index contributed by atoms with van der Waals surface area (Å²) in [6, 6.07) is 16.2. The number of hydrogen-bond donors (Lipinski definition) is 2. The average molecular weight is 364 g/mol. The molecule has 7 nitrogen and oxygen atoms in total. The van der Waals surface area contributed by atoms with Gasteiger partial charge < -0.3 is 15.0 Å². The van der Waals surface area contributed by atoms with E-state index in [1.54, 1.807) is 14.2 Å². The van der Waals surface area contributed by atoms with E-state index in [0.717, 1.165) is 34.2 Å². The van der Waals surface area contributed by atoms with Crippen molar-refractivity contribution in [3.8, 4) is 17.1 Å². The van der Waals surface area contributed by atoms with Gasteiger partial charge in [-0.1, -0.05) is 36.4 Å². The van der Waals surface area contributed by atoms with E-state index in [0.29, 0.717) is 13.1 Å². The second-order valence-corrected chi connectivity index (χ2v) is 6.10. The molecule has 0 fully saturated rings. The first-order valence-electron chi connectivity index (χ1n) is 8.69. The van der Waals surface area contributed by atoms with Gasteiger partial charge in [0.1, 0.15) is 12.1 Å². The summed E-state index contributed by atoms with van der Waals surface area (Å²) in [6.45, 7) is 1.35. The Bertz CT molecular complexity index is 891. The van der Waals surface area contributed by atoms with Crippen molar-refractivity contribution < 1.29 is 4.74 Å². The summed E-state index contributed by atoms with van der Waals surface area (Å²) in [4.78, 5) is 10.7. The van der Waals surface area contributed by atoms with Gasteiger partial charge in [0.15, 0.2) is 11.8 Å². The Balaban J connectivity index is 1.64. The summed E-state index contributed by atoms with van der Waals surface area (Å²) in [5.74, 6) is 2.44. The lowest BCUT2D eigenvalue weighted by Crippen LogP contribution is -2.38. The van der Waals surface area contributed by atoms with E-state index in [2.05, 4.69) is 48.6 Å². The van der Waals surface area contributed by atoms with Crippen molar-refractivity contribution in [1.82, 2.24) is 25.4 Å². The number of ether oxygens (including phenoxy) is 1. The van der Waals surface area contributed by atoms with Crippen molar-refractivity contribution >= 4 is 5.96 Å². The molecule has 0 aliphatic heterocycles. The SMILES string of the molecule is CN=C(NCc1cccc(-c2ncn[nH]2)c1)N(C)Cc1ccccc1OC. The Labute approximate surface area is 159 Å². The summed E-state index contributed by atoms with van der Waals surface area (Å²) < 4.78 is 5.44. The standard InChI is InChI=1S/C20H24N6O/c1-21-20(26(2)13-17-8-4-5-10-18(17)27-3)22-12-15-7-6-9-16(11-15)19-23-14-24-25-19/h4-11,14H,12-13H2,1-3H3,(H,21,22)(H,23,24,25). The molecule has 0 saturated heterocycles. The van der Waals surface area contributed by atoms with Crippen molar-refractivity contribution in [2.75, 3.05) is 21.2 Å². The fraction of sp³-hybridized carbons (Fsp3) is 0.250. The normalized spacial score (nSPS) is 11.3. The molecule has 0 radical (unpaired) electrons. The van der Waals surface area contributed by atoms with E-state index in [1.165, 1.54) is 6.33 Å². The van der Waals surface area contributed by atoms with E-state index in [9.17, 15) is 0 Å². The van der Waals surface area contributed by atoms with Crippen molar-refractivity contribution in [2.45, 2.75) is 13.1 Å². The fourth-order valence-electron chi connectivity index (χ4n) is 2.90. The van der Waals surface area contributed by atoms with Crippen LogP contribution in [0.2, 0.25) is 0 Å². The summed E-state index contributed by atoms with van der Waals surface area (Å²) >= 11 is 0. The number of rotatable bonds is 6. The van der Waals surface area contributed by atoms with Gasteiger partial charge in [-0.25, -0.2) is 4.98 Å². The molecule has 0 spiro atoms. The fourth-order valence-corrected chi connectivity index (χ4v) is 2.90. The van der Waals surface area contributed by atoms with Crippen molar-refractivity contribution in [2.24, 2.45) is 4.99 Å². The lowest BCUT2D eigenvalue weighted by molar-refractivity contribution is 0.396. The van der Waals surface area contributed by atoms with Gasteiger partial charge >= 0.3 is 0 Å². The highest BCUT2D eigenvalue weighted by molar-refractivity contribution is 5.79. The van der Waals surface area contributed by atoms with Crippen LogP contribution < -0.4 is 10.1 Å². The molecule has 0 atom stereocenters. The molecular formula is C20H24N6O. The summed E-state index contributed by atoms with van der Waals surface area (Å²) in [5.41, 5.74) is 3.25. The number of para-hydroxylation sites is 1. The molecule has 27 heavy (non-hydrogen) atoms. The van der Waals surface area contributed by atoms with Crippen LogP contribution in [-0.2, 0) is 13.1 Å². The number of aromatic amines is 1. The van der Waals surface area contributed by atoms with E-state index in [-0.39, 0.29) is 0 Å². The average Bonchev–Trinajstić information content (AvgIpc) is 3.24. The van der Waals surface area contributed by atoms with Gasteiger partial charge in [-0.05, 0) is 17.7 Å². The molecule has 0 bridgehead atoms. The number of aliphatic imine (C=N–C) groups is 1. The molecule has 3 aromatic rings. The zero-order valence-corrected chi connectivity index (χ0v) is 15.8. The van der Waals surface area contributed by atoms with Crippen LogP contribution in [0.15, 0.2) is 59.9 Å². The minimum Gasteiger partial charge on any atom is -0.496 e. The van der Waals surface area contributed by atoms with Crippen LogP contribution in [0, 0.1) is 0 Å². The number of nitrogens with zero attached hydrogens (tertiary/aromatic N) is 4. The lowest BCUT2D eigenvalue weighted by Gasteiger charge is -2.23. The molecule has 0 amide bonds. The van der Waals surface area contributed by atoms with Crippen LogP contribution in [0.5, 0.6) is 5.75 Å². The molecule has 1 aromatic heterocycles. The van der Waals surface area contributed by atoms with Gasteiger partial charge in [-0.2, -0.15) is 5.10 Å². The Kier molecular flexibility index (Phi) is 6.04. The second-order valence-electron chi connectivity index (χ2n) is 6.10. The zero-order valence-electron chi connectivity index (χ0n) is 15.8. The zero-order chi connectivity index (χ0) is 19.1. The van der Waals surface area contributed by atoms with Crippen LogP contribution >= 0.6 is 0 Å². The molecule has 3 rings (SSSR count). The molecule has 0 aliphatic rings. The maximum absolute atomic E-state index is 5.44. The quantitative estimate of drug-likeness (QED) is 0.519. The van der Waals surface area contributed by atoms with Crippen LogP contribution in [0.1, 0.15) is 11.1 Å². The third kappa shape index (κ3) is 4.63. The highest BCUT2D eigenvalue weighted by atomic mass is 16.5. The number of guanidine groups is 1. The van der Waals surface area contributed by atoms with E-state index >= 15 is 0 Å². The summed E-state index contributed by atoms with van der Waals surface area (Å²) in [5, 5.41) is 10.2. The Hall–Kier alpha value is -3.35. The molecule has 0 aliphatic carbocycles. The Morgan fingerprint density at radius 3 is 2.81 bits per heavy atom. The number of benzene rings is 2. The first kappa shape index (κ1) is 18.4. The molecule has 0 unspecified atom stereocenters. The largest absolute Gasteiger partial charge is 0.496 e. The lowest BCUT2D eigenvalue weighted by atomic mass is 10.1. The van der Waals surface area contributed by atoms with Gasteiger partial charge in [-0.3, -0.25) is 10.1 Å². The summed E-state index contributed by atoms with van der Waals surface area (Å²) in [6.07, 6.45) is 1.51. The number of nitrogens with one attached hydrogen (secondary N) is 2. The Morgan fingerprint density at radius 1 is 1.22 bits per heavy atom. The van der Waals surface area contributed by atoms with Crippen LogP contribution in [-0.4, -0.2) is 47.2 Å². The highest BCUT2D eigenvalue weighted by Crippen LogP contribution is 2.19. The van der Waals surface area contributed by atoms with E-state index < -0.39 is 0 Å². The van der Waals surface area contributed by atoms with Gasteiger partial charge in [0.05, 0.1) is 7.11 Å². The smallest absolute Gasteiger partial charge is 0.193 e. The van der Waals surface area contributed by atoms with Gasteiger partial charge in [-0.15, -0.1) is 0 Å². The van der Waals surface area contributed by atoms with E-state index in [1.807, 2.05) is 37.4 Å². The molecule has 2 N–H and O–H groups in total. The predicted molar refractivity (Wildman–Crippen MR) is 106 cm³/mol. The molecule has 1 heterocycles. The number of aromatic nitrogens is 3. The molecular weight excluding hydrogens is 340 g/mol. The Morgan fingerprint density at radius 2 is 2.07 bits per heavy atom. The third-order valence-corrected chi connectivity index (χ3v) is 4.24. The predicted octanol–water partition coefficient (Wildman–Crippen LogP) is 2.69. The monoisotopic (exact) mass is 364 g/mol. The highest BCUT2D eigenvalue weighted by Gasteiger charge is 2.10. The maximum atomic E-state index is 5.44. The number of H-pyrrole nitrogens is 1.